The molecule has 0 fully saturated rings. The smallest absolute Gasteiger partial charge is 0.224 e. The molecule has 0 amide bonds. The molecule has 0 aliphatic heterocycles. The number of ketones is 1. The molecule has 0 saturated heterocycles. The van der Waals surface area contributed by atoms with Crippen molar-refractivity contribution in [2.45, 2.75) is 13.0 Å². The van der Waals surface area contributed by atoms with Gasteiger partial charge in [-0.15, -0.1) is 22.7 Å². The van der Waals surface area contributed by atoms with Crippen molar-refractivity contribution < 1.29 is 9.90 Å². The Hall–Kier alpha value is -1.83. The van der Waals surface area contributed by atoms with Crippen molar-refractivity contribution in [1.29, 1.82) is 0 Å². The third kappa shape index (κ3) is 2.80. The molecule has 3 heterocycles. The standard InChI is InChI=1S/C14H13N3O2S2/c1-8(7-18)15-14-16-9-4-6-21-13(9)11(17-14)12(19)10-3-2-5-20-10/h2-6,8,18H,7H2,1H3,(H,15,16,17)/t8-/m1/s1. The van der Waals surface area contributed by atoms with Crippen LogP contribution in [0.3, 0.4) is 0 Å². The monoisotopic (exact) mass is 319 g/mol. The number of carbonyl (C=O) groups excluding carboxylic acids is 1. The lowest BCUT2D eigenvalue weighted by atomic mass is 10.2. The Morgan fingerprint density at radius 1 is 1.33 bits per heavy atom. The zero-order valence-corrected chi connectivity index (χ0v) is 12.9. The zero-order chi connectivity index (χ0) is 14.8. The van der Waals surface area contributed by atoms with Crippen LogP contribution in [0.5, 0.6) is 0 Å². The molecule has 3 aromatic heterocycles. The van der Waals surface area contributed by atoms with Gasteiger partial charge in [0.1, 0.15) is 5.69 Å². The number of nitrogens with zero attached hydrogens (tertiary/aromatic N) is 2. The van der Waals surface area contributed by atoms with Gasteiger partial charge in [-0.25, -0.2) is 9.97 Å². The lowest BCUT2D eigenvalue weighted by Gasteiger charge is -2.11. The summed E-state index contributed by atoms with van der Waals surface area (Å²) < 4.78 is 0.788. The van der Waals surface area contributed by atoms with Crippen LogP contribution in [0.25, 0.3) is 10.2 Å². The molecule has 108 valence electrons. The van der Waals surface area contributed by atoms with E-state index in [4.69, 9.17) is 5.11 Å². The third-order valence-corrected chi connectivity index (χ3v) is 4.69. The number of hydrogen-bond donors (Lipinski definition) is 2. The first kappa shape index (κ1) is 14.1. The van der Waals surface area contributed by atoms with Gasteiger partial charge in [-0.1, -0.05) is 6.07 Å². The van der Waals surface area contributed by atoms with Crippen LogP contribution in [0, 0.1) is 0 Å². The van der Waals surface area contributed by atoms with Crippen LogP contribution in [0.15, 0.2) is 29.0 Å². The lowest BCUT2D eigenvalue weighted by Crippen LogP contribution is -2.21. The Balaban J connectivity index is 2.07. The second-order valence-corrected chi connectivity index (χ2v) is 6.43. The van der Waals surface area contributed by atoms with Crippen LogP contribution in [0.2, 0.25) is 0 Å². The summed E-state index contributed by atoms with van der Waals surface area (Å²) in [6, 6.07) is 5.32. The molecule has 0 spiro atoms. The molecule has 0 bridgehead atoms. The van der Waals surface area contributed by atoms with E-state index in [9.17, 15) is 4.79 Å². The van der Waals surface area contributed by atoms with Crippen molar-refractivity contribution in [3.63, 3.8) is 0 Å². The number of fused-ring (bicyclic) bond motifs is 1. The van der Waals surface area contributed by atoms with Gasteiger partial charge in [0.15, 0.2) is 0 Å². The minimum absolute atomic E-state index is 0.0285. The zero-order valence-electron chi connectivity index (χ0n) is 11.2. The molecule has 7 heteroatoms. The van der Waals surface area contributed by atoms with Gasteiger partial charge in [0, 0.05) is 6.04 Å². The van der Waals surface area contributed by atoms with Gasteiger partial charge >= 0.3 is 0 Å². The van der Waals surface area contributed by atoms with E-state index in [0.717, 1.165) is 10.2 Å². The fraction of sp³-hybridized carbons (Fsp3) is 0.214. The molecule has 5 nitrogen and oxygen atoms in total. The van der Waals surface area contributed by atoms with Crippen LogP contribution in [-0.4, -0.2) is 33.5 Å². The second-order valence-electron chi connectivity index (χ2n) is 4.57. The Kier molecular flexibility index (Phi) is 3.96. The number of nitrogens with one attached hydrogen (secondary N) is 1. The predicted molar refractivity (Wildman–Crippen MR) is 85.3 cm³/mol. The van der Waals surface area contributed by atoms with Crippen molar-refractivity contribution in [3.05, 3.63) is 39.5 Å². The number of anilines is 1. The first-order valence-corrected chi connectivity index (χ1v) is 8.16. The highest BCUT2D eigenvalue weighted by Crippen LogP contribution is 2.26. The van der Waals surface area contributed by atoms with E-state index in [1.807, 2.05) is 29.8 Å². The maximum atomic E-state index is 12.6. The molecule has 0 radical (unpaired) electrons. The highest BCUT2D eigenvalue weighted by atomic mass is 32.1. The van der Waals surface area contributed by atoms with Crippen LogP contribution in [-0.2, 0) is 0 Å². The number of rotatable bonds is 5. The third-order valence-electron chi connectivity index (χ3n) is 2.91. The molecule has 3 rings (SSSR count). The van der Waals surface area contributed by atoms with Gasteiger partial charge in [-0.05, 0) is 29.8 Å². The van der Waals surface area contributed by atoms with E-state index in [1.165, 1.54) is 22.7 Å². The molecule has 0 aromatic carbocycles. The van der Waals surface area contributed by atoms with Crippen LogP contribution < -0.4 is 5.32 Å². The number of hydrogen-bond acceptors (Lipinski definition) is 7. The van der Waals surface area contributed by atoms with Crippen LogP contribution in [0.1, 0.15) is 22.3 Å². The highest BCUT2D eigenvalue weighted by molar-refractivity contribution is 7.17. The van der Waals surface area contributed by atoms with Crippen molar-refractivity contribution in [2.75, 3.05) is 11.9 Å². The summed E-state index contributed by atoms with van der Waals surface area (Å²) in [6.45, 7) is 1.79. The number of thiophene rings is 2. The molecule has 2 N–H and O–H groups in total. The van der Waals surface area contributed by atoms with Gasteiger partial charge in [0.2, 0.25) is 11.7 Å². The van der Waals surface area contributed by atoms with E-state index in [-0.39, 0.29) is 18.4 Å². The summed E-state index contributed by atoms with van der Waals surface area (Å²) in [5.74, 6) is 0.266. The van der Waals surface area contributed by atoms with Crippen molar-refractivity contribution >= 4 is 44.6 Å². The Labute approximate surface area is 129 Å². The van der Waals surface area contributed by atoms with Gasteiger partial charge in [-0.2, -0.15) is 0 Å². The van der Waals surface area contributed by atoms with Gasteiger partial charge in [0.25, 0.3) is 0 Å². The molecule has 0 aliphatic rings. The molecule has 3 aromatic rings. The van der Waals surface area contributed by atoms with E-state index >= 15 is 0 Å². The van der Waals surface area contributed by atoms with Crippen LogP contribution >= 0.6 is 22.7 Å². The van der Waals surface area contributed by atoms with Gasteiger partial charge < -0.3 is 10.4 Å². The fourth-order valence-electron chi connectivity index (χ4n) is 1.87. The molecular weight excluding hydrogens is 306 g/mol. The topological polar surface area (TPSA) is 75.1 Å². The fourth-order valence-corrected chi connectivity index (χ4v) is 3.35. The summed E-state index contributed by atoms with van der Waals surface area (Å²) >= 11 is 2.85. The van der Waals surface area contributed by atoms with Crippen molar-refractivity contribution in [2.24, 2.45) is 0 Å². The van der Waals surface area contributed by atoms with E-state index in [0.29, 0.717) is 16.5 Å². The molecule has 21 heavy (non-hydrogen) atoms. The van der Waals surface area contributed by atoms with E-state index in [1.54, 1.807) is 6.07 Å². The second kappa shape index (κ2) is 5.88. The minimum Gasteiger partial charge on any atom is -0.394 e. The summed E-state index contributed by atoms with van der Waals surface area (Å²) in [4.78, 5) is 22.0. The number of carbonyl (C=O) groups is 1. The Morgan fingerprint density at radius 3 is 2.90 bits per heavy atom. The van der Waals surface area contributed by atoms with Crippen molar-refractivity contribution in [1.82, 2.24) is 9.97 Å². The molecule has 0 unspecified atom stereocenters. The average molecular weight is 319 g/mol. The van der Waals surface area contributed by atoms with E-state index in [2.05, 4.69) is 15.3 Å². The molecule has 0 aliphatic carbocycles. The highest BCUT2D eigenvalue weighted by Gasteiger charge is 2.19. The lowest BCUT2D eigenvalue weighted by molar-refractivity contribution is 0.103. The minimum atomic E-state index is -0.175. The summed E-state index contributed by atoms with van der Waals surface area (Å²) in [5, 5.41) is 15.9. The molecule has 1 atom stereocenters. The summed E-state index contributed by atoms with van der Waals surface area (Å²) in [7, 11) is 0. The number of aliphatic hydroxyl groups excluding tert-OH is 1. The maximum Gasteiger partial charge on any atom is 0.224 e. The van der Waals surface area contributed by atoms with Crippen LogP contribution in [0.4, 0.5) is 5.95 Å². The number of aliphatic hydroxyl groups is 1. The average Bonchev–Trinajstić information content (AvgIpc) is 3.16. The van der Waals surface area contributed by atoms with Gasteiger partial charge in [-0.3, -0.25) is 4.79 Å². The Morgan fingerprint density at radius 2 is 2.19 bits per heavy atom. The van der Waals surface area contributed by atoms with E-state index < -0.39 is 0 Å². The largest absolute Gasteiger partial charge is 0.394 e. The predicted octanol–water partition coefficient (Wildman–Crippen LogP) is 2.78. The summed E-state index contributed by atoms with van der Waals surface area (Å²) in [6.07, 6.45) is 0. The van der Waals surface area contributed by atoms with Gasteiger partial charge in [0.05, 0.1) is 21.7 Å². The number of aromatic nitrogens is 2. The first-order chi connectivity index (χ1) is 10.2. The normalized spacial score (nSPS) is 12.5. The quantitative estimate of drug-likeness (QED) is 0.707. The molecular formula is C14H13N3O2S2. The SMILES string of the molecule is C[C@H](CO)Nc1nc(C(=O)c2cccs2)c2sccc2n1. The Bertz CT molecular complexity index is 768. The maximum absolute atomic E-state index is 12.6. The summed E-state index contributed by atoms with van der Waals surface area (Å²) in [5.41, 5.74) is 1.15. The van der Waals surface area contributed by atoms with Crippen molar-refractivity contribution in [3.8, 4) is 0 Å². The first-order valence-electron chi connectivity index (χ1n) is 6.40. The molecule has 0 saturated carbocycles.